The third-order valence-electron chi connectivity index (χ3n) is 4.13. The van der Waals surface area contributed by atoms with Crippen LogP contribution in [0.4, 0.5) is 0 Å². The molecule has 0 bridgehead atoms. The molecule has 0 fully saturated rings. The molecule has 1 rings (SSSR count). The zero-order valence-corrected chi connectivity index (χ0v) is 14.2. The van der Waals surface area contributed by atoms with E-state index in [9.17, 15) is 4.21 Å². The molecule has 0 aliphatic carbocycles. The van der Waals surface area contributed by atoms with Gasteiger partial charge in [-0.15, -0.1) is 0 Å². The molecule has 0 aliphatic rings. The highest BCUT2D eigenvalue weighted by atomic mass is 32.2. The minimum atomic E-state index is -1.39. The maximum atomic E-state index is 12.7. The monoisotopic (exact) mass is 294 g/mol. The molecule has 2 unspecified atom stereocenters. The number of hydrogen-bond donors (Lipinski definition) is 0. The summed E-state index contributed by atoms with van der Waals surface area (Å²) in [6, 6.07) is 9.84. The summed E-state index contributed by atoms with van der Waals surface area (Å²) >= 11 is -1.39. The van der Waals surface area contributed by atoms with Crippen LogP contribution in [0, 0.1) is 5.41 Å². The molecule has 1 aromatic carbocycles. The molecular formula is C17H26O2S. The van der Waals surface area contributed by atoms with Crippen LogP contribution in [0.1, 0.15) is 47.1 Å². The molecule has 0 spiro atoms. The van der Waals surface area contributed by atoms with Crippen LogP contribution >= 0.6 is 0 Å². The van der Waals surface area contributed by atoms with Gasteiger partial charge < -0.3 is 0 Å². The van der Waals surface area contributed by atoms with Gasteiger partial charge in [-0.05, 0) is 31.7 Å². The van der Waals surface area contributed by atoms with Gasteiger partial charge in [0.05, 0.1) is 11.4 Å². The molecule has 1 aromatic rings. The first-order valence-electron chi connectivity index (χ1n) is 6.96. The largest absolute Gasteiger partial charge is 0.285 e. The fraction of sp³-hybridized carbons (Fsp3) is 0.529. The lowest BCUT2D eigenvalue weighted by Gasteiger charge is -2.41. The van der Waals surface area contributed by atoms with E-state index in [0.29, 0.717) is 6.61 Å². The summed E-state index contributed by atoms with van der Waals surface area (Å²) in [5.41, 5.74) is 1.98. The Hall–Kier alpha value is -0.930. The fourth-order valence-corrected chi connectivity index (χ4v) is 3.42. The molecular weight excluding hydrogens is 268 g/mol. The first-order valence-corrected chi connectivity index (χ1v) is 8.03. The normalized spacial score (nSPS) is 17.6. The fourth-order valence-electron chi connectivity index (χ4n) is 2.06. The second kappa shape index (κ2) is 6.68. The van der Waals surface area contributed by atoms with Crippen molar-refractivity contribution in [1.29, 1.82) is 0 Å². The Bertz CT molecular complexity index is 485. The van der Waals surface area contributed by atoms with Crippen molar-refractivity contribution < 1.29 is 8.39 Å². The Morgan fingerprint density at radius 3 is 2.20 bits per heavy atom. The van der Waals surface area contributed by atoms with Crippen LogP contribution in [0.5, 0.6) is 0 Å². The van der Waals surface area contributed by atoms with E-state index in [0.717, 1.165) is 11.1 Å². The molecule has 2 atom stereocenters. The Labute approximate surface area is 125 Å². The highest BCUT2D eigenvalue weighted by molar-refractivity contribution is 7.82. The van der Waals surface area contributed by atoms with E-state index in [1.807, 2.05) is 57.2 Å². The van der Waals surface area contributed by atoms with Gasteiger partial charge in [0.1, 0.15) is 0 Å². The summed E-state index contributed by atoms with van der Waals surface area (Å²) in [5.74, 6) is 0. The van der Waals surface area contributed by atoms with Gasteiger partial charge in [-0.25, -0.2) is 4.21 Å². The summed E-state index contributed by atoms with van der Waals surface area (Å²) in [6.07, 6.45) is 2.02. The lowest BCUT2D eigenvalue weighted by atomic mass is 9.77. The maximum Gasteiger partial charge on any atom is 0.166 e. The van der Waals surface area contributed by atoms with Crippen LogP contribution < -0.4 is 0 Å². The van der Waals surface area contributed by atoms with Gasteiger partial charge in [0.15, 0.2) is 11.1 Å². The lowest BCUT2D eigenvalue weighted by Crippen LogP contribution is -2.45. The number of benzene rings is 1. The highest BCUT2D eigenvalue weighted by Crippen LogP contribution is 2.41. The van der Waals surface area contributed by atoms with Crippen molar-refractivity contribution in [1.82, 2.24) is 0 Å². The minimum absolute atomic E-state index is 0.148. The van der Waals surface area contributed by atoms with E-state index in [2.05, 4.69) is 20.8 Å². The van der Waals surface area contributed by atoms with Crippen molar-refractivity contribution in [2.45, 2.75) is 52.9 Å². The number of hydrogen-bond acceptors (Lipinski definition) is 2. The molecule has 0 heterocycles. The zero-order chi connectivity index (χ0) is 15.4. The Balaban J connectivity index is 2.91. The smallest absolute Gasteiger partial charge is 0.166 e. The van der Waals surface area contributed by atoms with Crippen molar-refractivity contribution in [2.75, 3.05) is 0 Å². The standard InChI is InChI=1S/C17H26O2S/c1-7-14(2)17(6,16(3,4)5)20(18)19-13-15-11-9-8-10-12-15/h7-12H,13H2,1-6H3. The molecule has 0 aliphatic heterocycles. The second-order valence-corrected chi connectivity index (χ2v) is 7.76. The molecule has 0 radical (unpaired) electrons. The average molecular weight is 294 g/mol. The van der Waals surface area contributed by atoms with Gasteiger partial charge in [-0.3, -0.25) is 4.18 Å². The van der Waals surface area contributed by atoms with Crippen LogP contribution in [0.15, 0.2) is 42.0 Å². The highest BCUT2D eigenvalue weighted by Gasteiger charge is 2.45. The van der Waals surface area contributed by atoms with Crippen molar-refractivity contribution in [2.24, 2.45) is 5.41 Å². The summed E-state index contributed by atoms with van der Waals surface area (Å²) in [7, 11) is 0. The zero-order valence-electron chi connectivity index (χ0n) is 13.4. The third-order valence-corrected chi connectivity index (χ3v) is 6.06. The Kier molecular flexibility index (Phi) is 5.72. The lowest BCUT2D eigenvalue weighted by molar-refractivity contribution is 0.273. The van der Waals surface area contributed by atoms with Crippen molar-refractivity contribution in [3.63, 3.8) is 0 Å². The van der Waals surface area contributed by atoms with Gasteiger partial charge in [0.25, 0.3) is 0 Å². The van der Waals surface area contributed by atoms with E-state index in [-0.39, 0.29) is 5.41 Å². The SMILES string of the molecule is CC=C(C)C(C)(S(=O)OCc1ccccc1)C(C)(C)C. The second-order valence-electron chi connectivity index (χ2n) is 6.24. The van der Waals surface area contributed by atoms with Gasteiger partial charge in [0, 0.05) is 0 Å². The van der Waals surface area contributed by atoms with Crippen molar-refractivity contribution >= 4 is 11.1 Å². The van der Waals surface area contributed by atoms with E-state index >= 15 is 0 Å². The summed E-state index contributed by atoms with van der Waals surface area (Å²) in [4.78, 5) is 0. The predicted molar refractivity (Wildman–Crippen MR) is 86.7 cm³/mol. The quantitative estimate of drug-likeness (QED) is 0.740. The molecule has 20 heavy (non-hydrogen) atoms. The molecule has 3 heteroatoms. The van der Waals surface area contributed by atoms with Crippen LogP contribution in [0.3, 0.4) is 0 Å². The molecule has 0 amide bonds. The number of rotatable bonds is 5. The Morgan fingerprint density at radius 2 is 1.75 bits per heavy atom. The first kappa shape index (κ1) is 17.1. The van der Waals surface area contributed by atoms with Gasteiger partial charge >= 0.3 is 0 Å². The molecule has 112 valence electrons. The van der Waals surface area contributed by atoms with Gasteiger partial charge in [-0.1, -0.05) is 62.8 Å². The van der Waals surface area contributed by atoms with E-state index < -0.39 is 15.8 Å². The number of allylic oxidation sites excluding steroid dienone is 1. The summed E-state index contributed by atoms with van der Waals surface area (Å²) in [6.45, 7) is 12.7. The maximum absolute atomic E-state index is 12.7. The van der Waals surface area contributed by atoms with Crippen LogP contribution in [-0.4, -0.2) is 8.96 Å². The molecule has 2 nitrogen and oxygen atoms in total. The minimum Gasteiger partial charge on any atom is -0.285 e. The van der Waals surface area contributed by atoms with Crippen LogP contribution in [-0.2, 0) is 21.9 Å². The Morgan fingerprint density at radius 1 is 1.20 bits per heavy atom. The van der Waals surface area contributed by atoms with Gasteiger partial charge in [0.2, 0.25) is 0 Å². The van der Waals surface area contributed by atoms with E-state index in [4.69, 9.17) is 4.18 Å². The molecule has 0 N–H and O–H groups in total. The average Bonchev–Trinajstić information content (AvgIpc) is 2.42. The van der Waals surface area contributed by atoms with E-state index in [1.165, 1.54) is 0 Å². The third kappa shape index (κ3) is 3.58. The molecule has 0 aromatic heterocycles. The predicted octanol–water partition coefficient (Wildman–Crippen LogP) is 4.64. The first-order chi connectivity index (χ1) is 9.23. The van der Waals surface area contributed by atoms with Crippen LogP contribution in [0.25, 0.3) is 0 Å². The summed E-state index contributed by atoms with van der Waals surface area (Å²) < 4.78 is 17.9. The van der Waals surface area contributed by atoms with Crippen molar-refractivity contribution in [3.05, 3.63) is 47.5 Å². The van der Waals surface area contributed by atoms with Crippen LogP contribution in [0.2, 0.25) is 0 Å². The topological polar surface area (TPSA) is 26.3 Å². The summed E-state index contributed by atoms with van der Waals surface area (Å²) in [5, 5.41) is 0. The van der Waals surface area contributed by atoms with Crippen molar-refractivity contribution in [3.8, 4) is 0 Å². The molecule has 0 saturated carbocycles. The van der Waals surface area contributed by atoms with Gasteiger partial charge in [-0.2, -0.15) is 0 Å². The molecule has 0 saturated heterocycles. The van der Waals surface area contributed by atoms with E-state index in [1.54, 1.807) is 0 Å².